The first kappa shape index (κ1) is 23.8. The number of nitrogens with one attached hydrogen (secondary N) is 1. The Balaban J connectivity index is 1.74. The van der Waals surface area contributed by atoms with E-state index in [0.29, 0.717) is 39.0 Å². The molecule has 0 fully saturated rings. The fraction of sp³-hybridized carbons (Fsp3) is 0.308. The molecule has 1 aromatic carbocycles. The standard InChI is InChI=1S/C26H24FN3O6/c1-4-21(31)23(32)28-9-14-13-6-12(3)18(27)8-19(13)29-22-15(14)10-30-20(22)7-17-16(24(30)33)11-36-25(34)26(17,35)5-2/h4,6-8,21,31,35H,1,5,9-11H2,2-3H3,(H,28,32)/t21-,26-/m0/s1. The highest BCUT2D eigenvalue weighted by Gasteiger charge is 2.45. The topological polar surface area (TPSA) is 131 Å². The van der Waals surface area contributed by atoms with E-state index >= 15 is 0 Å². The minimum atomic E-state index is -1.97. The number of aryl methyl sites for hydroxylation is 1. The molecule has 186 valence electrons. The number of benzene rings is 1. The maximum atomic E-state index is 14.5. The van der Waals surface area contributed by atoms with Crippen molar-refractivity contribution in [2.45, 2.75) is 51.7 Å². The number of ether oxygens (including phenoxy) is 1. The number of aromatic nitrogens is 2. The first-order valence-corrected chi connectivity index (χ1v) is 11.5. The summed E-state index contributed by atoms with van der Waals surface area (Å²) in [5.41, 5.74) is 0.663. The van der Waals surface area contributed by atoms with Crippen molar-refractivity contribution in [2.24, 2.45) is 0 Å². The fourth-order valence-corrected chi connectivity index (χ4v) is 4.88. The number of aliphatic hydroxyl groups is 2. The van der Waals surface area contributed by atoms with Crippen LogP contribution in [0.5, 0.6) is 0 Å². The summed E-state index contributed by atoms with van der Waals surface area (Å²) in [6, 6.07) is 4.48. The van der Waals surface area contributed by atoms with Gasteiger partial charge in [-0.05, 0) is 36.6 Å². The zero-order valence-corrected chi connectivity index (χ0v) is 19.7. The minimum Gasteiger partial charge on any atom is -0.458 e. The maximum Gasteiger partial charge on any atom is 0.343 e. The minimum absolute atomic E-state index is 0.00708. The number of rotatable bonds is 5. The average molecular weight is 493 g/mol. The van der Waals surface area contributed by atoms with Crippen LogP contribution in [0, 0.1) is 12.7 Å². The smallest absolute Gasteiger partial charge is 0.343 e. The molecule has 4 heterocycles. The summed E-state index contributed by atoms with van der Waals surface area (Å²) in [4.78, 5) is 42.7. The Morgan fingerprint density at radius 3 is 2.81 bits per heavy atom. The highest BCUT2D eigenvalue weighted by Crippen LogP contribution is 2.40. The number of esters is 1. The van der Waals surface area contributed by atoms with Crippen molar-refractivity contribution in [1.29, 1.82) is 0 Å². The second-order valence-electron chi connectivity index (χ2n) is 9.04. The largest absolute Gasteiger partial charge is 0.458 e. The number of pyridine rings is 2. The summed E-state index contributed by atoms with van der Waals surface area (Å²) >= 11 is 0. The molecule has 2 aliphatic heterocycles. The van der Waals surface area contributed by atoms with Gasteiger partial charge in [0.1, 0.15) is 12.4 Å². The van der Waals surface area contributed by atoms with Gasteiger partial charge in [0.15, 0.2) is 11.7 Å². The second-order valence-corrected chi connectivity index (χ2v) is 9.04. The molecule has 0 saturated heterocycles. The Hall–Kier alpha value is -3.89. The molecule has 0 saturated carbocycles. The molecule has 0 radical (unpaired) electrons. The van der Waals surface area contributed by atoms with Crippen molar-refractivity contribution in [2.75, 3.05) is 0 Å². The first-order chi connectivity index (χ1) is 17.1. The lowest BCUT2D eigenvalue weighted by Crippen LogP contribution is -2.44. The van der Waals surface area contributed by atoms with Gasteiger partial charge in [-0.1, -0.05) is 19.6 Å². The molecule has 10 heteroatoms. The third kappa shape index (κ3) is 3.36. The van der Waals surface area contributed by atoms with E-state index in [-0.39, 0.29) is 37.2 Å². The van der Waals surface area contributed by atoms with Gasteiger partial charge in [-0.3, -0.25) is 9.59 Å². The summed E-state index contributed by atoms with van der Waals surface area (Å²) in [6.07, 6.45) is -0.295. The molecule has 0 bridgehead atoms. The second kappa shape index (κ2) is 8.35. The zero-order valence-electron chi connectivity index (χ0n) is 19.7. The molecule has 3 aromatic rings. The lowest BCUT2D eigenvalue weighted by molar-refractivity contribution is -0.172. The van der Waals surface area contributed by atoms with Gasteiger partial charge in [0, 0.05) is 29.1 Å². The van der Waals surface area contributed by atoms with E-state index in [1.165, 1.54) is 10.6 Å². The number of halogens is 1. The van der Waals surface area contributed by atoms with Crippen LogP contribution in [0.1, 0.15) is 41.2 Å². The monoisotopic (exact) mass is 493 g/mol. The molecule has 2 aliphatic rings. The summed E-state index contributed by atoms with van der Waals surface area (Å²) in [5, 5.41) is 24.1. The van der Waals surface area contributed by atoms with E-state index in [1.807, 2.05) is 0 Å². The number of cyclic esters (lactones) is 1. The normalized spacial score (nSPS) is 18.8. The van der Waals surface area contributed by atoms with Crippen LogP contribution in [0.15, 0.2) is 35.6 Å². The van der Waals surface area contributed by atoms with Gasteiger partial charge in [0.25, 0.3) is 11.5 Å². The molecule has 2 aromatic heterocycles. The van der Waals surface area contributed by atoms with Crippen molar-refractivity contribution in [1.82, 2.24) is 14.9 Å². The van der Waals surface area contributed by atoms with E-state index in [1.54, 1.807) is 26.0 Å². The highest BCUT2D eigenvalue weighted by molar-refractivity contribution is 5.90. The SMILES string of the molecule is C=C[C@H](O)C(=O)NCc1c2c(nc3cc(F)c(C)cc13)-c1cc3c(c(=O)n1C2)COC(=O)[C@]3(O)CC. The molecular formula is C26H24FN3O6. The van der Waals surface area contributed by atoms with E-state index in [4.69, 9.17) is 4.74 Å². The zero-order chi connectivity index (χ0) is 25.9. The Labute approximate surface area is 204 Å². The summed E-state index contributed by atoms with van der Waals surface area (Å²) < 4.78 is 21.1. The third-order valence-corrected chi connectivity index (χ3v) is 7.02. The number of hydrogen-bond donors (Lipinski definition) is 3. The van der Waals surface area contributed by atoms with Crippen LogP contribution >= 0.6 is 0 Å². The Kier molecular flexibility index (Phi) is 5.53. The van der Waals surface area contributed by atoms with Gasteiger partial charge in [0.2, 0.25) is 0 Å². The molecule has 0 spiro atoms. The van der Waals surface area contributed by atoms with Crippen LogP contribution in [0.2, 0.25) is 0 Å². The van der Waals surface area contributed by atoms with Gasteiger partial charge in [-0.25, -0.2) is 14.2 Å². The molecule has 36 heavy (non-hydrogen) atoms. The lowest BCUT2D eigenvalue weighted by atomic mass is 9.86. The van der Waals surface area contributed by atoms with Crippen LogP contribution in [-0.2, 0) is 39.6 Å². The Bertz CT molecular complexity index is 1550. The van der Waals surface area contributed by atoms with E-state index < -0.39 is 35.0 Å². The van der Waals surface area contributed by atoms with Crippen LogP contribution in [-0.4, -0.2) is 37.7 Å². The van der Waals surface area contributed by atoms with Crippen molar-refractivity contribution < 1.29 is 28.9 Å². The third-order valence-electron chi connectivity index (χ3n) is 7.02. The van der Waals surface area contributed by atoms with Crippen molar-refractivity contribution in [3.05, 3.63) is 74.8 Å². The van der Waals surface area contributed by atoms with E-state index in [0.717, 1.165) is 6.08 Å². The highest BCUT2D eigenvalue weighted by atomic mass is 19.1. The number of carbonyl (C=O) groups is 2. The average Bonchev–Trinajstić information content (AvgIpc) is 3.23. The fourth-order valence-electron chi connectivity index (χ4n) is 4.88. The summed E-state index contributed by atoms with van der Waals surface area (Å²) in [6.45, 7) is 6.48. The number of nitrogens with zero attached hydrogens (tertiary/aromatic N) is 2. The molecule has 0 aliphatic carbocycles. The number of fused-ring (bicyclic) bond motifs is 5. The van der Waals surface area contributed by atoms with Gasteiger partial charge < -0.3 is 24.8 Å². The molecule has 2 atom stereocenters. The van der Waals surface area contributed by atoms with Gasteiger partial charge in [0.05, 0.1) is 29.0 Å². The lowest BCUT2D eigenvalue weighted by Gasteiger charge is -2.31. The number of aliphatic hydroxyl groups excluding tert-OH is 1. The van der Waals surface area contributed by atoms with Crippen LogP contribution in [0.4, 0.5) is 4.39 Å². The van der Waals surface area contributed by atoms with Crippen molar-refractivity contribution >= 4 is 22.8 Å². The van der Waals surface area contributed by atoms with E-state index in [2.05, 4.69) is 16.9 Å². The number of amides is 1. The predicted octanol–water partition coefficient (Wildman–Crippen LogP) is 1.69. The van der Waals surface area contributed by atoms with Crippen molar-refractivity contribution in [3.63, 3.8) is 0 Å². The van der Waals surface area contributed by atoms with E-state index in [9.17, 15) is 29.0 Å². The van der Waals surface area contributed by atoms with Gasteiger partial charge in [-0.2, -0.15) is 0 Å². The van der Waals surface area contributed by atoms with Crippen LogP contribution in [0.3, 0.4) is 0 Å². The van der Waals surface area contributed by atoms with Gasteiger partial charge >= 0.3 is 5.97 Å². The molecular weight excluding hydrogens is 469 g/mol. The molecule has 5 rings (SSSR count). The quantitative estimate of drug-likeness (QED) is 0.285. The maximum absolute atomic E-state index is 14.5. The summed E-state index contributed by atoms with van der Waals surface area (Å²) in [7, 11) is 0. The van der Waals surface area contributed by atoms with Crippen LogP contribution < -0.4 is 10.9 Å². The molecule has 3 N–H and O–H groups in total. The molecule has 1 amide bonds. The Morgan fingerprint density at radius 2 is 2.11 bits per heavy atom. The number of carbonyl (C=O) groups excluding carboxylic acids is 2. The van der Waals surface area contributed by atoms with Crippen LogP contribution in [0.25, 0.3) is 22.3 Å². The van der Waals surface area contributed by atoms with Gasteiger partial charge in [-0.15, -0.1) is 0 Å². The first-order valence-electron chi connectivity index (χ1n) is 11.5. The summed E-state index contributed by atoms with van der Waals surface area (Å²) in [5.74, 6) is -1.95. The predicted molar refractivity (Wildman–Crippen MR) is 127 cm³/mol. The van der Waals surface area contributed by atoms with Crippen molar-refractivity contribution in [3.8, 4) is 11.4 Å². The number of hydrogen-bond acceptors (Lipinski definition) is 7. The molecule has 0 unspecified atom stereocenters. The Morgan fingerprint density at radius 1 is 1.36 bits per heavy atom. The molecule has 9 nitrogen and oxygen atoms in total.